The third-order valence-electron chi connectivity index (χ3n) is 6.96. The van der Waals surface area contributed by atoms with Crippen LogP contribution in [0, 0.1) is 5.92 Å². The van der Waals surface area contributed by atoms with Crippen LogP contribution in [0.3, 0.4) is 0 Å². The fourth-order valence-corrected chi connectivity index (χ4v) is 4.99. The van der Waals surface area contributed by atoms with E-state index < -0.39 is 42.1 Å². The van der Waals surface area contributed by atoms with Crippen molar-refractivity contribution in [2.45, 2.75) is 69.9 Å². The van der Waals surface area contributed by atoms with Gasteiger partial charge in [-0.2, -0.15) is 0 Å². The highest BCUT2D eigenvalue weighted by molar-refractivity contribution is 6.01. The third kappa shape index (κ3) is 7.50. The number of nitrogens with zero attached hydrogens (tertiary/aromatic N) is 1. The minimum atomic E-state index is -1.27. The summed E-state index contributed by atoms with van der Waals surface area (Å²) >= 11 is 0. The maximum atomic E-state index is 13.5. The van der Waals surface area contributed by atoms with E-state index in [1.807, 2.05) is 30.3 Å². The number of benzene rings is 2. The molecule has 0 unspecified atom stereocenters. The van der Waals surface area contributed by atoms with E-state index in [4.69, 9.17) is 9.52 Å². The van der Waals surface area contributed by atoms with Crippen molar-refractivity contribution >= 4 is 34.7 Å². The SMILES string of the molecule is O=C(O)CC(=O)N[C@@H](CC1CCCCC1)C(=O)N[C@@H](CCc1ccccc1)C(=O)c1nc2ccccc2o1. The highest BCUT2D eigenvalue weighted by Gasteiger charge is 2.32. The first-order chi connectivity index (χ1) is 18.4. The number of nitrogens with one attached hydrogen (secondary N) is 2. The van der Waals surface area contributed by atoms with Crippen LogP contribution >= 0.6 is 0 Å². The van der Waals surface area contributed by atoms with E-state index in [1.54, 1.807) is 24.3 Å². The number of aromatic nitrogens is 1. The summed E-state index contributed by atoms with van der Waals surface area (Å²) in [6.45, 7) is 0. The number of amides is 2. The molecule has 1 aliphatic carbocycles. The number of hydrogen-bond donors (Lipinski definition) is 3. The van der Waals surface area contributed by atoms with Crippen molar-refractivity contribution < 1.29 is 28.7 Å². The van der Waals surface area contributed by atoms with Crippen LogP contribution < -0.4 is 10.6 Å². The lowest BCUT2D eigenvalue weighted by molar-refractivity contribution is -0.141. The Morgan fingerprint density at radius 3 is 2.34 bits per heavy atom. The van der Waals surface area contributed by atoms with Gasteiger partial charge in [0.25, 0.3) is 5.89 Å². The largest absolute Gasteiger partial charge is 0.481 e. The van der Waals surface area contributed by atoms with Gasteiger partial charge >= 0.3 is 5.97 Å². The average Bonchev–Trinajstić information content (AvgIpc) is 3.35. The Hall–Kier alpha value is -4.01. The van der Waals surface area contributed by atoms with Gasteiger partial charge in [0, 0.05) is 0 Å². The highest BCUT2D eigenvalue weighted by Crippen LogP contribution is 2.27. The number of Topliss-reactive ketones (excluding diaryl/α,β-unsaturated/α-hetero) is 1. The van der Waals surface area contributed by atoms with Crippen molar-refractivity contribution in [1.29, 1.82) is 0 Å². The molecule has 1 fully saturated rings. The molecule has 2 aromatic carbocycles. The van der Waals surface area contributed by atoms with Gasteiger partial charge < -0.3 is 20.2 Å². The van der Waals surface area contributed by atoms with E-state index in [0.29, 0.717) is 30.4 Å². The van der Waals surface area contributed by atoms with Crippen molar-refractivity contribution in [3.05, 3.63) is 66.1 Å². The summed E-state index contributed by atoms with van der Waals surface area (Å²) in [5, 5.41) is 14.4. The summed E-state index contributed by atoms with van der Waals surface area (Å²) in [7, 11) is 0. The maximum Gasteiger partial charge on any atom is 0.312 e. The monoisotopic (exact) mass is 519 g/mol. The lowest BCUT2D eigenvalue weighted by Gasteiger charge is -2.27. The zero-order chi connectivity index (χ0) is 26.9. The van der Waals surface area contributed by atoms with Crippen LogP contribution in [-0.2, 0) is 20.8 Å². The molecule has 38 heavy (non-hydrogen) atoms. The van der Waals surface area contributed by atoms with E-state index in [1.165, 1.54) is 0 Å². The molecule has 1 heterocycles. The summed E-state index contributed by atoms with van der Waals surface area (Å²) in [6.07, 6.45) is 5.61. The number of ketones is 1. The molecule has 1 aromatic heterocycles. The molecule has 9 nitrogen and oxygen atoms in total. The fraction of sp³-hybridized carbons (Fsp3) is 0.414. The van der Waals surface area contributed by atoms with Gasteiger partial charge in [0.2, 0.25) is 17.6 Å². The van der Waals surface area contributed by atoms with Gasteiger partial charge in [0.05, 0.1) is 6.04 Å². The van der Waals surface area contributed by atoms with E-state index in [-0.39, 0.29) is 11.8 Å². The molecule has 1 aliphatic rings. The number of para-hydroxylation sites is 2. The smallest absolute Gasteiger partial charge is 0.312 e. The molecule has 4 rings (SSSR count). The number of oxazole rings is 1. The van der Waals surface area contributed by atoms with E-state index in [2.05, 4.69) is 15.6 Å². The lowest BCUT2D eigenvalue weighted by atomic mass is 9.84. The third-order valence-corrected chi connectivity index (χ3v) is 6.96. The molecule has 0 spiro atoms. The molecular formula is C29H33N3O6. The van der Waals surface area contributed by atoms with Crippen LogP contribution in [-0.4, -0.2) is 45.7 Å². The molecule has 0 aliphatic heterocycles. The number of carboxylic acids is 1. The number of fused-ring (bicyclic) bond motifs is 1. The second-order valence-electron chi connectivity index (χ2n) is 9.87. The Bertz CT molecular complexity index is 1230. The Morgan fingerprint density at radius 1 is 0.921 bits per heavy atom. The zero-order valence-electron chi connectivity index (χ0n) is 21.2. The number of rotatable bonds is 12. The van der Waals surface area contributed by atoms with Gasteiger partial charge in [0.1, 0.15) is 18.0 Å². The molecular weight excluding hydrogens is 486 g/mol. The first kappa shape index (κ1) is 27.0. The van der Waals surface area contributed by atoms with Gasteiger partial charge in [-0.3, -0.25) is 19.2 Å². The molecule has 200 valence electrons. The Kier molecular flexibility index (Phi) is 9.24. The van der Waals surface area contributed by atoms with Crippen LogP contribution in [0.25, 0.3) is 11.1 Å². The lowest BCUT2D eigenvalue weighted by Crippen LogP contribution is -2.52. The summed E-state index contributed by atoms with van der Waals surface area (Å²) < 4.78 is 5.69. The Labute approximate surface area is 221 Å². The summed E-state index contributed by atoms with van der Waals surface area (Å²) in [5.74, 6) is -2.84. The standard InChI is InChI=1S/C29H33N3O6/c33-25(18-26(34)35)30-23(17-20-11-5-2-6-12-20)28(37)31-22(16-15-19-9-3-1-4-10-19)27(36)29-32-21-13-7-8-14-24(21)38-29/h1,3-4,7-10,13-14,20,22-23H,2,5-6,11-12,15-18H2,(H,30,33)(H,31,37)(H,34,35)/t22-,23-/m0/s1. The number of aliphatic carboxylic acids is 1. The van der Waals surface area contributed by atoms with Gasteiger partial charge in [-0.25, -0.2) is 4.98 Å². The minimum absolute atomic E-state index is 0.0942. The van der Waals surface area contributed by atoms with E-state index in [0.717, 1.165) is 37.7 Å². The van der Waals surface area contributed by atoms with Crippen molar-refractivity contribution in [2.75, 3.05) is 0 Å². The van der Waals surface area contributed by atoms with Crippen molar-refractivity contribution in [3.8, 4) is 0 Å². The molecule has 3 N–H and O–H groups in total. The Balaban J connectivity index is 1.54. The average molecular weight is 520 g/mol. The summed E-state index contributed by atoms with van der Waals surface area (Å²) in [4.78, 5) is 54.7. The molecule has 0 bridgehead atoms. The highest BCUT2D eigenvalue weighted by atomic mass is 16.4. The van der Waals surface area contributed by atoms with Crippen LogP contribution in [0.2, 0.25) is 0 Å². The van der Waals surface area contributed by atoms with Crippen molar-refractivity contribution in [2.24, 2.45) is 5.92 Å². The zero-order valence-corrected chi connectivity index (χ0v) is 21.2. The van der Waals surface area contributed by atoms with Gasteiger partial charge in [-0.15, -0.1) is 0 Å². The van der Waals surface area contributed by atoms with Crippen molar-refractivity contribution in [1.82, 2.24) is 15.6 Å². The maximum absolute atomic E-state index is 13.5. The predicted octanol–water partition coefficient (Wildman–Crippen LogP) is 4.06. The van der Waals surface area contributed by atoms with Crippen LogP contribution in [0.15, 0.2) is 59.0 Å². The molecule has 9 heteroatoms. The molecule has 2 amide bonds. The number of hydrogen-bond acceptors (Lipinski definition) is 6. The molecule has 0 saturated heterocycles. The quantitative estimate of drug-likeness (QED) is 0.242. The first-order valence-electron chi connectivity index (χ1n) is 13.1. The van der Waals surface area contributed by atoms with Crippen LogP contribution in [0.5, 0.6) is 0 Å². The van der Waals surface area contributed by atoms with Crippen LogP contribution in [0.1, 0.15) is 67.6 Å². The number of carbonyl (C=O) groups is 4. The number of aryl methyl sites for hydroxylation is 1. The predicted molar refractivity (Wildman–Crippen MR) is 140 cm³/mol. The second-order valence-corrected chi connectivity index (χ2v) is 9.87. The fourth-order valence-electron chi connectivity index (χ4n) is 4.99. The van der Waals surface area contributed by atoms with E-state index >= 15 is 0 Å². The summed E-state index contributed by atoms with van der Waals surface area (Å²) in [5.41, 5.74) is 2.02. The normalized spacial score (nSPS) is 15.5. The molecule has 0 radical (unpaired) electrons. The first-order valence-corrected chi connectivity index (χ1v) is 13.1. The summed E-state index contributed by atoms with van der Waals surface area (Å²) in [6, 6.07) is 14.8. The molecule has 2 atom stereocenters. The topological polar surface area (TPSA) is 139 Å². The Morgan fingerprint density at radius 2 is 1.63 bits per heavy atom. The second kappa shape index (κ2) is 13.0. The van der Waals surface area contributed by atoms with Crippen molar-refractivity contribution in [3.63, 3.8) is 0 Å². The van der Waals surface area contributed by atoms with Crippen LogP contribution in [0.4, 0.5) is 0 Å². The van der Waals surface area contributed by atoms with Gasteiger partial charge in [-0.05, 0) is 42.9 Å². The van der Waals surface area contributed by atoms with E-state index in [9.17, 15) is 19.2 Å². The molecule has 1 saturated carbocycles. The van der Waals surface area contributed by atoms with Gasteiger partial charge in [-0.1, -0.05) is 74.6 Å². The number of carboxylic acid groups (broad SMARTS) is 1. The molecule has 3 aromatic rings. The number of carbonyl (C=O) groups excluding carboxylic acids is 3. The minimum Gasteiger partial charge on any atom is -0.481 e. The van der Waals surface area contributed by atoms with Gasteiger partial charge in [0.15, 0.2) is 5.58 Å².